The Balaban J connectivity index is 2.12. The summed E-state index contributed by atoms with van der Waals surface area (Å²) in [6.45, 7) is 8.60. The van der Waals surface area contributed by atoms with E-state index in [9.17, 15) is 9.90 Å². The van der Waals surface area contributed by atoms with Gasteiger partial charge in [-0.2, -0.15) is 0 Å². The first kappa shape index (κ1) is 30.7. The van der Waals surface area contributed by atoms with E-state index in [1.807, 2.05) is 30.3 Å². The van der Waals surface area contributed by atoms with E-state index in [-0.39, 0.29) is 23.6 Å². The predicted molar refractivity (Wildman–Crippen MR) is 145 cm³/mol. The second-order valence-corrected chi connectivity index (χ2v) is 11.2. The van der Waals surface area contributed by atoms with Crippen LogP contribution in [0.1, 0.15) is 136 Å². The Morgan fingerprint density at radius 2 is 1.32 bits per heavy atom. The van der Waals surface area contributed by atoms with Crippen molar-refractivity contribution in [2.75, 3.05) is 0 Å². The van der Waals surface area contributed by atoms with Gasteiger partial charge in [0.15, 0.2) is 0 Å². The van der Waals surface area contributed by atoms with Gasteiger partial charge in [-0.3, -0.25) is 4.79 Å². The number of hydrogen-bond donors (Lipinski definition) is 1. The number of hydrogen-bond acceptors (Lipinski definition) is 3. The number of rotatable bonds is 20. The molecule has 0 aliphatic carbocycles. The van der Waals surface area contributed by atoms with Crippen molar-refractivity contribution in [3.05, 3.63) is 35.9 Å². The van der Waals surface area contributed by atoms with Crippen molar-refractivity contribution in [1.29, 1.82) is 0 Å². The normalized spacial score (nSPS) is 13.6. The zero-order valence-corrected chi connectivity index (χ0v) is 22.8. The molecule has 0 saturated carbocycles. The molecule has 2 unspecified atom stereocenters. The Hall–Kier alpha value is -1.35. The summed E-state index contributed by atoms with van der Waals surface area (Å²) in [6, 6.07) is 10.1. The quantitative estimate of drug-likeness (QED) is 0.152. The summed E-state index contributed by atoms with van der Waals surface area (Å²) >= 11 is 0. The molecule has 0 heterocycles. The molecule has 2 atom stereocenters. The zero-order chi connectivity index (χ0) is 25.1. The fraction of sp³-hybridized carbons (Fsp3) is 0.774. The molecule has 1 N–H and O–H groups in total. The van der Waals surface area contributed by atoms with E-state index in [4.69, 9.17) is 4.74 Å². The molecule has 0 aliphatic heterocycles. The number of aliphatic hydroxyl groups excluding tert-OH is 1. The maximum Gasteiger partial charge on any atom is 0.306 e. The number of carbonyl (C=O) groups is 1. The monoisotopic (exact) mass is 474 g/mol. The fourth-order valence-corrected chi connectivity index (χ4v) is 4.49. The molecular weight excluding hydrogens is 420 g/mol. The number of ether oxygens (including phenoxy) is 1. The van der Waals surface area contributed by atoms with Gasteiger partial charge in [-0.25, -0.2) is 0 Å². The highest BCUT2D eigenvalue weighted by atomic mass is 16.5. The van der Waals surface area contributed by atoms with Crippen LogP contribution >= 0.6 is 0 Å². The summed E-state index contributed by atoms with van der Waals surface area (Å²) in [5.74, 6) is -0.140. The Bertz CT molecular complexity index is 605. The molecule has 3 heteroatoms. The van der Waals surface area contributed by atoms with Crippen molar-refractivity contribution in [1.82, 2.24) is 0 Å². The van der Waals surface area contributed by atoms with Crippen LogP contribution in [0.5, 0.6) is 0 Å². The maximum atomic E-state index is 12.4. The number of benzene rings is 1. The second-order valence-electron chi connectivity index (χ2n) is 11.2. The molecule has 0 radical (unpaired) electrons. The van der Waals surface area contributed by atoms with E-state index in [2.05, 4.69) is 27.7 Å². The molecular formula is C31H54O3. The second kappa shape index (κ2) is 18.9. The number of esters is 1. The lowest BCUT2D eigenvalue weighted by molar-refractivity contribution is -0.155. The number of aliphatic hydroxyl groups is 1. The van der Waals surface area contributed by atoms with Crippen LogP contribution < -0.4 is 0 Å². The SMILES string of the molecule is CCCCCCCCCCCCCCC(O)CCC(OC(=O)CCc1ccccc1)C(C)(C)C. The van der Waals surface area contributed by atoms with Gasteiger partial charge in [-0.1, -0.05) is 135 Å². The van der Waals surface area contributed by atoms with Crippen molar-refractivity contribution in [3.8, 4) is 0 Å². The van der Waals surface area contributed by atoms with E-state index in [0.717, 1.165) is 24.8 Å². The minimum atomic E-state index is -0.295. The predicted octanol–water partition coefficient (Wildman–Crippen LogP) is 8.81. The average molecular weight is 475 g/mol. The standard InChI is InChI=1S/C31H54O3/c1-5-6-7-8-9-10-11-12-13-14-15-19-22-28(32)24-25-29(31(2,3)4)34-30(33)26-23-27-20-17-16-18-21-27/h16-18,20-21,28-29,32H,5-15,19,22-26H2,1-4H3. The van der Waals surface area contributed by atoms with Crippen molar-refractivity contribution in [2.45, 2.75) is 149 Å². The fourth-order valence-electron chi connectivity index (χ4n) is 4.49. The summed E-state index contributed by atoms with van der Waals surface area (Å²) in [4.78, 5) is 12.4. The van der Waals surface area contributed by atoms with Crippen LogP contribution in [0.2, 0.25) is 0 Å². The molecule has 0 aromatic heterocycles. The molecule has 0 aliphatic rings. The first-order valence-corrected chi connectivity index (χ1v) is 14.2. The van der Waals surface area contributed by atoms with Crippen LogP contribution in [0.3, 0.4) is 0 Å². The Labute approximate surface area is 211 Å². The van der Waals surface area contributed by atoms with Gasteiger partial charge in [-0.05, 0) is 36.7 Å². The van der Waals surface area contributed by atoms with Gasteiger partial charge in [-0.15, -0.1) is 0 Å². The lowest BCUT2D eigenvalue weighted by Gasteiger charge is -2.31. The first-order chi connectivity index (χ1) is 16.3. The van der Waals surface area contributed by atoms with Gasteiger partial charge in [0, 0.05) is 6.42 Å². The Morgan fingerprint density at radius 1 is 0.794 bits per heavy atom. The van der Waals surface area contributed by atoms with Crippen molar-refractivity contribution in [3.63, 3.8) is 0 Å². The van der Waals surface area contributed by atoms with Gasteiger partial charge >= 0.3 is 5.97 Å². The highest BCUT2D eigenvalue weighted by Gasteiger charge is 2.28. The first-order valence-electron chi connectivity index (χ1n) is 14.2. The highest BCUT2D eigenvalue weighted by molar-refractivity contribution is 5.70. The third-order valence-corrected chi connectivity index (χ3v) is 6.85. The van der Waals surface area contributed by atoms with Crippen LogP contribution in [0.4, 0.5) is 0 Å². The Morgan fingerprint density at radius 3 is 1.85 bits per heavy atom. The lowest BCUT2D eigenvalue weighted by Crippen LogP contribution is -2.32. The summed E-state index contributed by atoms with van der Waals surface area (Å²) in [5, 5.41) is 10.5. The van der Waals surface area contributed by atoms with E-state index in [1.54, 1.807) is 0 Å². The number of carbonyl (C=O) groups excluding carboxylic acids is 1. The third kappa shape index (κ3) is 16.3. The molecule has 34 heavy (non-hydrogen) atoms. The van der Waals surface area contributed by atoms with E-state index >= 15 is 0 Å². The average Bonchev–Trinajstić information content (AvgIpc) is 2.81. The van der Waals surface area contributed by atoms with Crippen LogP contribution in [-0.2, 0) is 16.0 Å². The highest BCUT2D eigenvalue weighted by Crippen LogP contribution is 2.28. The largest absolute Gasteiger partial charge is 0.462 e. The van der Waals surface area contributed by atoms with E-state index in [1.165, 1.54) is 70.6 Å². The minimum Gasteiger partial charge on any atom is -0.462 e. The molecule has 1 aromatic carbocycles. The maximum absolute atomic E-state index is 12.4. The van der Waals surface area contributed by atoms with Crippen molar-refractivity contribution < 1.29 is 14.6 Å². The summed E-state index contributed by atoms with van der Waals surface area (Å²) in [7, 11) is 0. The van der Waals surface area contributed by atoms with E-state index < -0.39 is 0 Å². The number of unbranched alkanes of at least 4 members (excludes halogenated alkanes) is 11. The third-order valence-electron chi connectivity index (χ3n) is 6.85. The molecule has 3 nitrogen and oxygen atoms in total. The van der Waals surface area contributed by atoms with E-state index in [0.29, 0.717) is 19.3 Å². The van der Waals surface area contributed by atoms with Crippen molar-refractivity contribution >= 4 is 5.97 Å². The zero-order valence-electron chi connectivity index (χ0n) is 22.8. The molecule has 0 amide bonds. The minimum absolute atomic E-state index is 0.127. The molecule has 0 spiro atoms. The van der Waals surface area contributed by atoms with Gasteiger partial charge in [0.2, 0.25) is 0 Å². The van der Waals surface area contributed by atoms with Crippen LogP contribution in [0.25, 0.3) is 0 Å². The Kier molecular flexibility index (Phi) is 17.1. The molecule has 1 aromatic rings. The van der Waals surface area contributed by atoms with Gasteiger partial charge in [0.05, 0.1) is 6.10 Å². The molecule has 0 bridgehead atoms. The number of aryl methyl sites for hydroxylation is 1. The molecule has 196 valence electrons. The van der Waals surface area contributed by atoms with Gasteiger partial charge in [0.25, 0.3) is 0 Å². The summed E-state index contributed by atoms with van der Waals surface area (Å²) in [6.07, 6.45) is 18.9. The van der Waals surface area contributed by atoms with Crippen LogP contribution in [0, 0.1) is 5.41 Å². The van der Waals surface area contributed by atoms with Crippen LogP contribution in [0.15, 0.2) is 30.3 Å². The summed E-state index contributed by atoms with van der Waals surface area (Å²) in [5.41, 5.74) is 1.03. The van der Waals surface area contributed by atoms with Crippen molar-refractivity contribution in [2.24, 2.45) is 5.41 Å². The smallest absolute Gasteiger partial charge is 0.306 e. The lowest BCUT2D eigenvalue weighted by atomic mass is 9.85. The van der Waals surface area contributed by atoms with Crippen LogP contribution in [-0.4, -0.2) is 23.3 Å². The molecule has 0 fully saturated rings. The topological polar surface area (TPSA) is 46.5 Å². The molecule has 1 rings (SSSR count). The summed E-state index contributed by atoms with van der Waals surface area (Å²) < 4.78 is 5.85. The van der Waals surface area contributed by atoms with Gasteiger partial charge in [0.1, 0.15) is 6.10 Å². The molecule has 0 saturated heterocycles. The van der Waals surface area contributed by atoms with Gasteiger partial charge < -0.3 is 9.84 Å².